The number of rotatable bonds is 12. The molecular weight excluding hydrogens is 376 g/mol. The second kappa shape index (κ2) is 12.5. The number of aliphatic hydroxyl groups excluding tert-OH is 1. The lowest BCUT2D eigenvalue weighted by Crippen LogP contribution is -2.57. The molecule has 0 spiro atoms. The molecule has 7 N–H and O–H groups in total. The van der Waals surface area contributed by atoms with Crippen LogP contribution in [0.15, 0.2) is 0 Å². The highest BCUT2D eigenvalue weighted by Gasteiger charge is 2.28. The van der Waals surface area contributed by atoms with Crippen molar-refractivity contribution in [1.29, 1.82) is 0 Å². The Morgan fingerprint density at radius 2 is 1.52 bits per heavy atom. The molecular formula is C16H30N4O6S. The third kappa shape index (κ3) is 9.07. The van der Waals surface area contributed by atoms with Crippen LogP contribution in [0.3, 0.4) is 0 Å². The fourth-order valence-corrected chi connectivity index (χ4v) is 2.41. The van der Waals surface area contributed by atoms with Crippen LogP contribution in [0.2, 0.25) is 0 Å². The number of aliphatic hydroxyl groups is 1. The summed E-state index contributed by atoms with van der Waals surface area (Å²) >= 11 is 1.45. The van der Waals surface area contributed by atoms with Gasteiger partial charge < -0.3 is 31.9 Å². The van der Waals surface area contributed by atoms with E-state index in [9.17, 15) is 24.3 Å². The van der Waals surface area contributed by atoms with Gasteiger partial charge in [0.1, 0.15) is 18.1 Å². The number of hydrogen-bond donors (Lipinski definition) is 6. The third-order valence-corrected chi connectivity index (χ3v) is 4.46. The Balaban J connectivity index is 4.77. The first-order valence-corrected chi connectivity index (χ1v) is 9.93. The molecule has 4 unspecified atom stereocenters. The molecule has 0 aliphatic heterocycles. The van der Waals surface area contributed by atoms with Gasteiger partial charge in [0.2, 0.25) is 17.7 Å². The van der Waals surface area contributed by atoms with E-state index in [1.54, 1.807) is 13.8 Å². The van der Waals surface area contributed by atoms with Crippen molar-refractivity contribution in [3.63, 3.8) is 0 Å². The third-order valence-electron chi connectivity index (χ3n) is 3.81. The second-order valence-corrected chi connectivity index (χ2v) is 7.41. The predicted molar refractivity (Wildman–Crippen MR) is 102 cm³/mol. The quantitative estimate of drug-likeness (QED) is 0.222. The number of thioether (sulfide) groups is 1. The molecule has 3 amide bonds. The van der Waals surface area contributed by atoms with Gasteiger partial charge in [0.15, 0.2) is 0 Å². The minimum absolute atomic E-state index is 0.161. The molecule has 0 saturated carbocycles. The van der Waals surface area contributed by atoms with Crippen LogP contribution in [0, 0.1) is 5.92 Å². The van der Waals surface area contributed by atoms with Crippen molar-refractivity contribution >= 4 is 35.5 Å². The number of nitrogens with two attached hydrogens (primary N) is 1. The molecule has 0 fully saturated rings. The zero-order chi connectivity index (χ0) is 21.1. The van der Waals surface area contributed by atoms with E-state index < -0.39 is 54.5 Å². The zero-order valence-electron chi connectivity index (χ0n) is 16.0. The summed E-state index contributed by atoms with van der Waals surface area (Å²) in [4.78, 5) is 47.4. The van der Waals surface area contributed by atoms with Gasteiger partial charge in [-0.2, -0.15) is 11.8 Å². The van der Waals surface area contributed by atoms with Crippen molar-refractivity contribution in [3.05, 3.63) is 0 Å². The summed E-state index contributed by atoms with van der Waals surface area (Å²) in [6, 6.07) is -4.25. The van der Waals surface area contributed by atoms with Crippen molar-refractivity contribution in [1.82, 2.24) is 16.0 Å². The standard InChI is InChI=1S/C16H30N4O6S/c1-8(2)12(17)15(24)20-11(7-21)14(23)18-9(3)13(22)19-10(16(25)26)5-6-27-4/h8-12,21H,5-7,17H2,1-4H3,(H,18,23)(H,19,22)(H,20,24)(H,25,26). The van der Waals surface area contributed by atoms with Gasteiger partial charge in [0, 0.05) is 0 Å². The lowest BCUT2D eigenvalue weighted by Gasteiger charge is -2.23. The number of hydrogen-bond acceptors (Lipinski definition) is 7. The van der Waals surface area contributed by atoms with E-state index in [2.05, 4.69) is 16.0 Å². The molecule has 156 valence electrons. The van der Waals surface area contributed by atoms with Crippen LogP contribution in [0.25, 0.3) is 0 Å². The average Bonchev–Trinajstić information content (AvgIpc) is 2.61. The summed E-state index contributed by atoms with van der Waals surface area (Å²) in [6.45, 7) is 4.17. The van der Waals surface area contributed by atoms with Crippen LogP contribution in [0.5, 0.6) is 0 Å². The van der Waals surface area contributed by atoms with E-state index in [-0.39, 0.29) is 12.3 Å². The maximum atomic E-state index is 12.2. The second-order valence-electron chi connectivity index (χ2n) is 6.42. The molecule has 0 saturated heterocycles. The summed E-state index contributed by atoms with van der Waals surface area (Å²) < 4.78 is 0. The maximum absolute atomic E-state index is 12.2. The van der Waals surface area contributed by atoms with Gasteiger partial charge in [-0.25, -0.2) is 4.79 Å². The van der Waals surface area contributed by atoms with Gasteiger partial charge in [0.05, 0.1) is 12.6 Å². The minimum atomic E-state index is -1.27. The molecule has 27 heavy (non-hydrogen) atoms. The van der Waals surface area contributed by atoms with Crippen molar-refractivity contribution in [2.75, 3.05) is 18.6 Å². The molecule has 0 heterocycles. The minimum Gasteiger partial charge on any atom is -0.480 e. The molecule has 0 aromatic carbocycles. The van der Waals surface area contributed by atoms with Crippen molar-refractivity contribution < 1.29 is 29.4 Å². The number of aliphatic carboxylic acids is 1. The number of amides is 3. The Bertz CT molecular complexity index is 531. The largest absolute Gasteiger partial charge is 0.480 e. The maximum Gasteiger partial charge on any atom is 0.326 e. The topological polar surface area (TPSA) is 171 Å². The molecule has 11 heteroatoms. The van der Waals surface area contributed by atoms with Crippen LogP contribution in [-0.4, -0.2) is 76.7 Å². The summed E-state index contributed by atoms with van der Waals surface area (Å²) in [6.07, 6.45) is 2.06. The van der Waals surface area contributed by atoms with E-state index in [0.29, 0.717) is 5.75 Å². The van der Waals surface area contributed by atoms with E-state index in [4.69, 9.17) is 10.8 Å². The fourth-order valence-electron chi connectivity index (χ4n) is 1.93. The number of carbonyl (C=O) groups is 4. The molecule has 0 aromatic heterocycles. The molecule has 0 aromatic rings. The molecule has 4 atom stereocenters. The van der Waals surface area contributed by atoms with Gasteiger partial charge in [0.25, 0.3) is 0 Å². The molecule has 0 aliphatic rings. The van der Waals surface area contributed by atoms with E-state index in [1.807, 2.05) is 6.26 Å². The summed E-state index contributed by atoms with van der Waals surface area (Å²) in [5.41, 5.74) is 5.69. The van der Waals surface area contributed by atoms with E-state index in [1.165, 1.54) is 18.7 Å². The monoisotopic (exact) mass is 406 g/mol. The lowest BCUT2D eigenvalue weighted by molar-refractivity contribution is -0.142. The Labute approximate surface area is 163 Å². The lowest BCUT2D eigenvalue weighted by atomic mass is 10.0. The van der Waals surface area contributed by atoms with Crippen molar-refractivity contribution in [3.8, 4) is 0 Å². The highest BCUT2D eigenvalue weighted by atomic mass is 32.2. The van der Waals surface area contributed by atoms with Crippen LogP contribution >= 0.6 is 11.8 Å². The van der Waals surface area contributed by atoms with Gasteiger partial charge in [-0.1, -0.05) is 13.8 Å². The zero-order valence-corrected chi connectivity index (χ0v) is 16.8. The number of carboxylic acid groups (broad SMARTS) is 1. The van der Waals surface area contributed by atoms with Crippen molar-refractivity contribution in [2.45, 2.75) is 51.4 Å². The fraction of sp³-hybridized carbons (Fsp3) is 0.750. The highest BCUT2D eigenvalue weighted by molar-refractivity contribution is 7.98. The summed E-state index contributed by atoms with van der Waals surface area (Å²) in [5.74, 6) is -2.84. The first-order chi connectivity index (χ1) is 12.5. The predicted octanol–water partition coefficient (Wildman–Crippen LogP) is -1.73. The first-order valence-electron chi connectivity index (χ1n) is 8.54. The number of nitrogens with one attached hydrogen (secondary N) is 3. The Morgan fingerprint density at radius 3 is 1.96 bits per heavy atom. The van der Waals surface area contributed by atoms with Gasteiger partial charge in [-0.3, -0.25) is 14.4 Å². The molecule has 10 nitrogen and oxygen atoms in total. The number of carbonyl (C=O) groups excluding carboxylic acids is 3. The van der Waals surface area contributed by atoms with Crippen LogP contribution in [0.1, 0.15) is 27.2 Å². The summed E-state index contributed by atoms with van der Waals surface area (Å²) in [5, 5.41) is 25.5. The molecule has 0 radical (unpaired) electrons. The van der Waals surface area contributed by atoms with E-state index >= 15 is 0 Å². The van der Waals surface area contributed by atoms with Crippen molar-refractivity contribution in [2.24, 2.45) is 11.7 Å². The van der Waals surface area contributed by atoms with Gasteiger partial charge >= 0.3 is 5.97 Å². The molecule has 0 rings (SSSR count). The first kappa shape index (κ1) is 25.1. The van der Waals surface area contributed by atoms with Crippen LogP contribution in [-0.2, 0) is 19.2 Å². The van der Waals surface area contributed by atoms with Gasteiger partial charge in [-0.05, 0) is 31.3 Å². The summed E-state index contributed by atoms with van der Waals surface area (Å²) in [7, 11) is 0. The average molecular weight is 407 g/mol. The van der Waals surface area contributed by atoms with E-state index in [0.717, 1.165) is 0 Å². The Kier molecular flexibility index (Phi) is 11.7. The van der Waals surface area contributed by atoms with Crippen LogP contribution < -0.4 is 21.7 Å². The smallest absolute Gasteiger partial charge is 0.326 e. The Morgan fingerprint density at radius 1 is 0.963 bits per heavy atom. The number of carboxylic acids is 1. The molecule has 0 aliphatic carbocycles. The Hall–Kier alpha value is -1.85. The SMILES string of the molecule is CSCCC(NC(=O)C(C)NC(=O)C(CO)NC(=O)C(N)C(C)C)C(=O)O. The molecule has 0 bridgehead atoms. The van der Waals surface area contributed by atoms with Crippen LogP contribution in [0.4, 0.5) is 0 Å². The normalized spacial score (nSPS) is 15.4. The highest BCUT2D eigenvalue weighted by Crippen LogP contribution is 2.02. The van der Waals surface area contributed by atoms with Gasteiger partial charge in [-0.15, -0.1) is 0 Å².